The van der Waals surface area contributed by atoms with E-state index in [1.807, 2.05) is 23.4 Å². The first-order chi connectivity index (χ1) is 12.3. The van der Waals surface area contributed by atoms with Crippen molar-refractivity contribution in [1.29, 1.82) is 0 Å². The number of hydrogen-bond donors (Lipinski definition) is 0. The number of benzene rings is 1. The second-order valence-corrected chi connectivity index (χ2v) is 7.05. The molecule has 0 radical (unpaired) electrons. The molecule has 25 heavy (non-hydrogen) atoms. The number of rotatable bonds is 2. The molecular weight excluding hydrogens is 312 g/mol. The molecule has 1 fully saturated rings. The van der Waals surface area contributed by atoms with Crippen molar-refractivity contribution >= 4 is 17.1 Å². The van der Waals surface area contributed by atoms with Crippen molar-refractivity contribution in [3.63, 3.8) is 0 Å². The molecule has 3 heterocycles. The molecule has 3 aromatic rings. The number of pyridine rings is 1. The Balaban J connectivity index is 1.44. The first-order valence-corrected chi connectivity index (χ1v) is 8.98. The molecule has 2 aromatic heterocycles. The second-order valence-electron chi connectivity index (χ2n) is 7.05. The highest BCUT2D eigenvalue weighted by Gasteiger charge is 2.26. The normalized spacial score (nSPS) is 17.4. The van der Waals surface area contributed by atoms with Crippen LogP contribution in [-0.2, 0) is 13.0 Å². The number of carbonyl (C=O) groups excluding carboxylic acids is 1. The van der Waals surface area contributed by atoms with Gasteiger partial charge in [0.15, 0.2) is 5.65 Å². The highest BCUT2D eigenvalue weighted by Crippen LogP contribution is 2.36. The third-order valence-electron chi connectivity index (χ3n) is 5.24. The zero-order valence-electron chi connectivity index (χ0n) is 14.1. The van der Waals surface area contributed by atoms with Gasteiger partial charge in [-0.15, -0.1) is 0 Å². The SMILES string of the molecule is O=C(c1cnc2c(c1)ncn2C1CC1)N1CCCc2ccccc2C1. The Morgan fingerprint density at radius 2 is 1.96 bits per heavy atom. The molecule has 2 aliphatic rings. The van der Waals surface area contributed by atoms with Gasteiger partial charge in [-0.05, 0) is 42.9 Å². The Labute approximate surface area is 146 Å². The van der Waals surface area contributed by atoms with E-state index < -0.39 is 0 Å². The van der Waals surface area contributed by atoms with Crippen molar-refractivity contribution in [2.75, 3.05) is 6.54 Å². The average molecular weight is 332 g/mol. The van der Waals surface area contributed by atoms with Gasteiger partial charge >= 0.3 is 0 Å². The van der Waals surface area contributed by atoms with Crippen LogP contribution in [0.1, 0.15) is 46.8 Å². The van der Waals surface area contributed by atoms with Gasteiger partial charge in [0.1, 0.15) is 5.52 Å². The van der Waals surface area contributed by atoms with Crippen molar-refractivity contribution in [2.24, 2.45) is 0 Å². The Morgan fingerprint density at radius 1 is 1.12 bits per heavy atom. The van der Waals surface area contributed by atoms with E-state index in [-0.39, 0.29) is 5.91 Å². The maximum atomic E-state index is 13.0. The first-order valence-electron chi connectivity index (χ1n) is 8.98. The monoisotopic (exact) mass is 332 g/mol. The summed E-state index contributed by atoms with van der Waals surface area (Å²) in [6.45, 7) is 1.45. The summed E-state index contributed by atoms with van der Waals surface area (Å²) < 4.78 is 2.13. The zero-order chi connectivity index (χ0) is 16.8. The van der Waals surface area contributed by atoms with Crippen LogP contribution in [0.2, 0.25) is 0 Å². The summed E-state index contributed by atoms with van der Waals surface area (Å²) >= 11 is 0. The summed E-state index contributed by atoms with van der Waals surface area (Å²) in [5, 5.41) is 0. The second kappa shape index (κ2) is 5.69. The van der Waals surface area contributed by atoms with Crippen LogP contribution in [0.25, 0.3) is 11.2 Å². The van der Waals surface area contributed by atoms with E-state index in [1.165, 1.54) is 24.0 Å². The van der Waals surface area contributed by atoms with Gasteiger partial charge in [-0.3, -0.25) is 4.79 Å². The van der Waals surface area contributed by atoms with Crippen LogP contribution < -0.4 is 0 Å². The number of aryl methyl sites for hydroxylation is 1. The quantitative estimate of drug-likeness (QED) is 0.723. The van der Waals surface area contributed by atoms with Crippen LogP contribution in [0.4, 0.5) is 0 Å². The van der Waals surface area contributed by atoms with E-state index in [0.717, 1.165) is 30.6 Å². The lowest BCUT2D eigenvalue weighted by Crippen LogP contribution is -2.30. The largest absolute Gasteiger partial charge is 0.334 e. The van der Waals surface area contributed by atoms with Gasteiger partial charge < -0.3 is 9.47 Å². The minimum Gasteiger partial charge on any atom is -0.334 e. The van der Waals surface area contributed by atoms with E-state index in [0.29, 0.717) is 18.2 Å². The minimum absolute atomic E-state index is 0.0482. The van der Waals surface area contributed by atoms with Gasteiger partial charge in [0, 0.05) is 25.3 Å². The molecule has 0 saturated heterocycles. The Hall–Kier alpha value is -2.69. The molecule has 5 heteroatoms. The highest BCUT2D eigenvalue weighted by atomic mass is 16.2. The molecule has 5 rings (SSSR count). The number of aromatic nitrogens is 3. The standard InChI is InChI=1S/C20H20N4O/c25-20(23-9-3-6-14-4-1-2-5-15(14)12-23)16-10-18-19(21-11-16)24(13-22-18)17-7-8-17/h1-2,4-5,10-11,13,17H,3,6-9,12H2. The fourth-order valence-electron chi connectivity index (χ4n) is 3.71. The van der Waals surface area contributed by atoms with Gasteiger partial charge in [0.25, 0.3) is 5.91 Å². The van der Waals surface area contributed by atoms with Gasteiger partial charge in [-0.2, -0.15) is 0 Å². The maximum Gasteiger partial charge on any atom is 0.255 e. The lowest BCUT2D eigenvalue weighted by atomic mass is 10.0. The van der Waals surface area contributed by atoms with Gasteiger partial charge in [0.05, 0.1) is 11.9 Å². The van der Waals surface area contributed by atoms with Crippen molar-refractivity contribution < 1.29 is 4.79 Å². The molecule has 1 aromatic carbocycles. The maximum absolute atomic E-state index is 13.0. The number of amides is 1. The zero-order valence-corrected chi connectivity index (χ0v) is 14.1. The summed E-state index contributed by atoms with van der Waals surface area (Å²) in [6.07, 6.45) is 7.98. The van der Waals surface area contributed by atoms with E-state index in [2.05, 4.69) is 32.7 Å². The van der Waals surface area contributed by atoms with Gasteiger partial charge in [-0.25, -0.2) is 9.97 Å². The molecule has 0 atom stereocenters. The van der Waals surface area contributed by atoms with Crippen LogP contribution in [-0.4, -0.2) is 31.9 Å². The van der Waals surface area contributed by atoms with E-state index in [4.69, 9.17) is 0 Å². The van der Waals surface area contributed by atoms with Crippen molar-refractivity contribution in [3.05, 3.63) is 59.5 Å². The molecule has 1 aliphatic carbocycles. The molecule has 126 valence electrons. The number of carbonyl (C=O) groups is 1. The van der Waals surface area contributed by atoms with Crippen molar-refractivity contribution in [3.8, 4) is 0 Å². The van der Waals surface area contributed by atoms with E-state index in [1.54, 1.807) is 6.20 Å². The highest BCUT2D eigenvalue weighted by molar-refractivity contribution is 5.96. The summed E-state index contributed by atoms with van der Waals surface area (Å²) in [4.78, 5) is 23.9. The molecule has 1 saturated carbocycles. The number of imidazole rings is 1. The minimum atomic E-state index is 0.0482. The molecular formula is C20H20N4O. The fourth-order valence-corrected chi connectivity index (χ4v) is 3.71. The molecule has 0 unspecified atom stereocenters. The predicted octanol–water partition coefficient (Wildman–Crippen LogP) is 3.35. The average Bonchev–Trinajstić information content (AvgIpc) is 3.43. The van der Waals surface area contributed by atoms with Gasteiger partial charge in [0.2, 0.25) is 0 Å². The van der Waals surface area contributed by atoms with Crippen LogP contribution in [0.3, 0.4) is 0 Å². The summed E-state index contributed by atoms with van der Waals surface area (Å²) in [6, 6.07) is 10.8. The predicted molar refractivity (Wildman–Crippen MR) is 95.3 cm³/mol. The van der Waals surface area contributed by atoms with Crippen molar-refractivity contribution in [1.82, 2.24) is 19.4 Å². The molecule has 0 bridgehead atoms. The van der Waals surface area contributed by atoms with Gasteiger partial charge in [-0.1, -0.05) is 24.3 Å². The lowest BCUT2D eigenvalue weighted by molar-refractivity contribution is 0.0745. The molecule has 0 N–H and O–H groups in total. The van der Waals surface area contributed by atoms with Crippen molar-refractivity contribution in [2.45, 2.75) is 38.3 Å². The van der Waals surface area contributed by atoms with E-state index >= 15 is 0 Å². The summed E-state index contributed by atoms with van der Waals surface area (Å²) in [5.74, 6) is 0.0482. The number of nitrogens with zero attached hydrogens (tertiary/aromatic N) is 4. The van der Waals surface area contributed by atoms with Crippen LogP contribution >= 0.6 is 0 Å². The number of hydrogen-bond acceptors (Lipinski definition) is 3. The molecule has 0 spiro atoms. The summed E-state index contributed by atoms with van der Waals surface area (Å²) in [5.41, 5.74) is 4.94. The first kappa shape index (κ1) is 14.6. The van der Waals surface area contributed by atoms with Crippen LogP contribution in [0.15, 0.2) is 42.9 Å². The Bertz CT molecular complexity index is 957. The Morgan fingerprint density at radius 3 is 2.80 bits per heavy atom. The Kier molecular flexibility index (Phi) is 3.33. The third-order valence-corrected chi connectivity index (χ3v) is 5.24. The molecule has 1 amide bonds. The number of fused-ring (bicyclic) bond motifs is 2. The molecule has 1 aliphatic heterocycles. The lowest BCUT2D eigenvalue weighted by Gasteiger charge is -2.21. The smallest absolute Gasteiger partial charge is 0.255 e. The molecule has 5 nitrogen and oxygen atoms in total. The van der Waals surface area contributed by atoms with E-state index in [9.17, 15) is 4.79 Å². The van der Waals surface area contributed by atoms with Crippen LogP contribution in [0, 0.1) is 0 Å². The summed E-state index contributed by atoms with van der Waals surface area (Å²) in [7, 11) is 0. The van der Waals surface area contributed by atoms with Crippen LogP contribution in [0.5, 0.6) is 0 Å². The third kappa shape index (κ3) is 2.60. The fraction of sp³-hybridized carbons (Fsp3) is 0.350. The topological polar surface area (TPSA) is 51.0 Å².